The number of hydrogen-bond acceptors (Lipinski definition) is 3. The largest absolute Gasteiger partial charge is 0.352 e. The molecule has 0 unspecified atom stereocenters. The van der Waals surface area contributed by atoms with Crippen molar-refractivity contribution in [1.29, 1.82) is 0 Å². The Morgan fingerprint density at radius 1 is 1.32 bits per heavy atom. The number of nitrogens with zero attached hydrogens (tertiary/aromatic N) is 1. The zero-order valence-corrected chi connectivity index (χ0v) is 12.5. The number of rotatable bonds is 6. The van der Waals surface area contributed by atoms with Crippen LogP contribution in [0.4, 0.5) is 0 Å². The van der Waals surface area contributed by atoms with E-state index in [1.807, 2.05) is 6.07 Å². The van der Waals surface area contributed by atoms with Crippen molar-refractivity contribution >= 4 is 27.5 Å². The van der Waals surface area contributed by atoms with E-state index in [-0.39, 0.29) is 18.1 Å². The summed E-state index contributed by atoms with van der Waals surface area (Å²) in [6, 6.07) is 7.17. The van der Waals surface area contributed by atoms with Gasteiger partial charge in [-0.3, -0.25) is 4.79 Å². The third-order valence-electron chi connectivity index (χ3n) is 2.58. The number of nitrogens with one attached hydrogen (secondary N) is 1. The van der Waals surface area contributed by atoms with Crippen LogP contribution in [0.25, 0.3) is 0 Å². The minimum Gasteiger partial charge on any atom is -0.352 e. The molecule has 0 aliphatic heterocycles. The third kappa shape index (κ3) is 5.18. The topological polar surface area (TPSA) is 66.5 Å². The predicted octanol–water partition coefficient (Wildman–Crippen LogP) is 1.24. The molecule has 0 aliphatic carbocycles. The fourth-order valence-electron chi connectivity index (χ4n) is 1.33. The highest BCUT2D eigenvalue weighted by Gasteiger charge is 2.15. The molecule has 0 spiro atoms. The molecule has 1 amide bonds. The van der Waals surface area contributed by atoms with Gasteiger partial charge in [0.05, 0.1) is 5.75 Å². The molecular weight excluding hydrogens is 288 g/mol. The fraction of sp³-hybridized carbons (Fsp3) is 0.417. The molecule has 0 fully saturated rings. The van der Waals surface area contributed by atoms with Crippen LogP contribution in [0, 0.1) is 0 Å². The lowest BCUT2D eigenvalue weighted by Gasteiger charge is -2.11. The lowest BCUT2D eigenvalue weighted by molar-refractivity contribution is -0.120. The van der Waals surface area contributed by atoms with E-state index in [0.29, 0.717) is 11.6 Å². The van der Waals surface area contributed by atoms with Gasteiger partial charge in [-0.15, -0.1) is 0 Å². The molecule has 5 nitrogen and oxygen atoms in total. The summed E-state index contributed by atoms with van der Waals surface area (Å²) >= 11 is 5.95. The van der Waals surface area contributed by atoms with Crippen molar-refractivity contribution < 1.29 is 13.2 Å². The minimum atomic E-state index is -3.34. The van der Waals surface area contributed by atoms with Gasteiger partial charge >= 0.3 is 0 Å². The van der Waals surface area contributed by atoms with E-state index in [4.69, 9.17) is 11.6 Å². The molecule has 1 rings (SSSR count). The maximum absolute atomic E-state index is 11.6. The summed E-state index contributed by atoms with van der Waals surface area (Å²) in [7, 11) is -0.455. The molecule has 0 radical (unpaired) electrons. The number of amides is 1. The van der Waals surface area contributed by atoms with Crippen molar-refractivity contribution in [2.24, 2.45) is 0 Å². The first-order valence-corrected chi connectivity index (χ1v) is 7.72. The first-order chi connectivity index (χ1) is 8.83. The van der Waals surface area contributed by atoms with Crippen LogP contribution in [-0.2, 0) is 21.4 Å². The Morgan fingerprint density at radius 3 is 2.53 bits per heavy atom. The van der Waals surface area contributed by atoms with Crippen molar-refractivity contribution in [2.45, 2.75) is 13.0 Å². The SMILES string of the molecule is CN(C)S(=O)(=O)CCC(=O)NCc1ccccc1Cl. The van der Waals surface area contributed by atoms with E-state index in [1.165, 1.54) is 14.1 Å². The zero-order valence-electron chi connectivity index (χ0n) is 10.9. The number of sulfonamides is 1. The molecular formula is C12H17ClN2O3S. The second kappa shape index (κ2) is 6.88. The van der Waals surface area contributed by atoms with E-state index in [1.54, 1.807) is 18.2 Å². The molecule has 1 aromatic carbocycles. The van der Waals surface area contributed by atoms with E-state index < -0.39 is 10.0 Å². The number of carbonyl (C=O) groups excluding carboxylic acids is 1. The van der Waals surface area contributed by atoms with Crippen LogP contribution in [0.5, 0.6) is 0 Å². The van der Waals surface area contributed by atoms with Gasteiger partial charge in [-0.05, 0) is 11.6 Å². The van der Waals surface area contributed by atoms with Crippen LogP contribution in [-0.4, -0.2) is 38.5 Å². The summed E-state index contributed by atoms with van der Waals surface area (Å²) < 4.78 is 24.1. The Kier molecular flexibility index (Phi) is 5.78. The highest BCUT2D eigenvalue weighted by Crippen LogP contribution is 2.14. The van der Waals surface area contributed by atoms with Gasteiger partial charge < -0.3 is 5.32 Å². The number of halogens is 1. The monoisotopic (exact) mass is 304 g/mol. The van der Waals surface area contributed by atoms with Crippen molar-refractivity contribution in [2.75, 3.05) is 19.8 Å². The summed E-state index contributed by atoms with van der Waals surface area (Å²) in [5.74, 6) is -0.515. The van der Waals surface area contributed by atoms with Crippen molar-refractivity contribution in [3.8, 4) is 0 Å². The van der Waals surface area contributed by atoms with Gasteiger partial charge in [0.1, 0.15) is 0 Å². The van der Waals surface area contributed by atoms with E-state index >= 15 is 0 Å². The van der Waals surface area contributed by atoms with Crippen LogP contribution >= 0.6 is 11.6 Å². The Labute approximate surface area is 118 Å². The van der Waals surface area contributed by atoms with E-state index in [0.717, 1.165) is 9.87 Å². The second-order valence-corrected chi connectivity index (χ2v) is 6.93. The Balaban J connectivity index is 2.43. The molecule has 0 bridgehead atoms. The maximum atomic E-state index is 11.6. The molecule has 1 N–H and O–H groups in total. The van der Waals surface area contributed by atoms with Gasteiger partial charge in [-0.25, -0.2) is 12.7 Å². The van der Waals surface area contributed by atoms with Gasteiger partial charge in [0.15, 0.2) is 0 Å². The fourth-order valence-corrected chi connectivity index (χ4v) is 2.34. The summed E-state index contributed by atoms with van der Waals surface area (Å²) in [5, 5.41) is 3.22. The second-order valence-electron chi connectivity index (χ2n) is 4.22. The molecule has 0 aliphatic rings. The van der Waals surface area contributed by atoms with Crippen LogP contribution in [0.15, 0.2) is 24.3 Å². The highest BCUT2D eigenvalue weighted by atomic mass is 35.5. The smallest absolute Gasteiger partial charge is 0.221 e. The highest BCUT2D eigenvalue weighted by molar-refractivity contribution is 7.89. The average Bonchev–Trinajstić information content (AvgIpc) is 2.35. The van der Waals surface area contributed by atoms with Crippen LogP contribution in [0.3, 0.4) is 0 Å². The first-order valence-electron chi connectivity index (χ1n) is 5.73. The molecule has 106 valence electrons. The number of carbonyl (C=O) groups is 1. The van der Waals surface area contributed by atoms with Crippen molar-refractivity contribution in [3.05, 3.63) is 34.9 Å². The third-order valence-corrected chi connectivity index (χ3v) is 4.78. The number of benzene rings is 1. The molecule has 7 heteroatoms. The summed E-state index contributed by atoms with van der Waals surface area (Å²) in [4.78, 5) is 11.6. The molecule has 0 atom stereocenters. The lowest BCUT2D eigenvalue weighted by atomic mass is 10.2. The molecule has 1 aromatic rings. The Morgan fingerprint density at radius 2 is 1.95 bits per heavy atom. The average molecular weight is 305 g/mol. The first kappa shape index (κ1) is 15.9. The van der Waals surface area contributed by atoms with Gasteiger partial charge in [-0.1, -0.05) is 29.8 Å². The Bertz CT molecular complexity index is 544. The van der Waals surface area contributed by atoms with Gasteiger partial charge in [0.2, 0.25) is 15.9 Å². The van der Waals surface area contributed by atoms with Crippen LogP contribution in [0.1, 0.15) is 12.0 Å². The zero-order chi connectivity index (χ0) is 14.5. The minimum absolute atomic E-state index is 0.0645. The summed E-state index contributed by atoms with van der Waals surface area (Å²) in [6.45, 7) is 0.292. The summed E-state index contributed by atoms with van der Waals surface area (Å²) in [5.41, 5.74) is 0.799. The van der Waals surface area contributed by atoms with Crippen molar-refractivity contribution in [3.63, 3.8) is 0 Å². The maximum Gasteiger partial charge on any atom is 0.221 e. The predicted molar refractivity (Wildman–Crippen MR) is 75.4 cm³/mol. The van der Waals surface area contributed by atoms with Crippen molar-refractivity contribution in [1.82, 2.24) is 9.62 Å². The standard InChI is InChI=1S/C12H17ClN2O3S/c1-15(2)19(17,18)8-7-12(16)14-9-10-5-3-4-6-11(10)13/h3-6H,7-9H2,1-2H3,(H,14,16). The quantitative estimate of drug-likeness (QED) is 0.860. The van der Waals surface area contributed by atoms with Crippen LogP contribution in [0.2, 0.25) is 5.02 Å². The van der Waals surface area contributed by atoms with Crippen LogP contribution < -0.4 is 5.32 Å². The normalized spacial score (nSPS) is 11.6. The summed E-state index contributed by atoms with van der Waals surface area (Å²) in [6.07, 6.45) is -0.0645. The Hall–Kier alpha value is -1.11. The molecule has 0 saturated heterocycles. The van der Waals surface area contributed by atoms with Gasteiger partial charge in [0, 0.05) is 32.1 Å². The molecule has 19 heavy (non-hydrogen) atoms. The molecule has 0 heterocycles. The number of hydrogen-bond donors (Lipinski definition) is 1. The lowest BCUT2D eigenvalue weighted by Crippen LogP contribution is -2.30. The van der Waals surface area contributed by atoms with E-state index in [9.17, 15) is 13.2 Å². The molecule has 0 saturated carbocycles. The van der Waals surface area contributed by atoms with E-state index in [2.05, 4.69) is 5.32 Å². The molecule has 0 aromatic heterocycles. The van der Waals surface area contributed by atoms with Gasteiger partial charge in [-0.2, -0.15) is 0 Å². The van der Waals surface area contributed by atoms with Gasteiger partial charge in [0.25, 0.3) is 0 Å².